The Morgan fingerprint density at radius 2 is 1.74 bits per heavy atom. The molecule has 2 heterocycles. The van der Waals surface area contributed by atoms with Crippen LogP contribution in [0.15, 0.2) is 66.0 Å². The monoisotopic (exact) mass is 537 g/mol. The Balaban J connectivity index is 1.56. The smallest absolute Gasteiger partial charge is 0.258 e. The van der Waals surface area contributed by atoms with Gasteiger partial charge in [-0.3, -0.25) is 14.5 Å². The average molecular weight is 538 g/mol. The summed E-state index contributed by atoms with van der Waals surface area (Å²) in [4.78, 5) is 34.4. The largest absolute Gasteiger partial charge is 0.497 e. The molecule has 0 radical (unpaired) electrons. The zero-order valence-corrected chi connectivity index (χ0v) is 22.8. The van der Waals surface area contributed by atoms with Gasteiger partial charge in [0.15, 0.2) is 0 Å². The number of amides is 2. The molecule has 2 aromatic carbocycles. The molecule has 3 aromatic rings. The molecule has 1 fully saturated rings. The number of hydrogen-bond donors (Lipinski definition) is 0. The molecule has 0 atom stereocenters. The quantitative estimate of drug-likeness (QED) is 0.350. The molecule has 0 unspecified atom stereocenters. The van der Waals surface area contributed by atoms with Gasteiger partial charge in [-0.05, 0) is 29.1 Å². The van der Waals surface area contributed by atoms with Gasteiger partial charge in [0.25, 0.3) is 5.91 Å². The third kappa shape index (κ3) is 7.56. The van der Waals surface area contributed by atoms with Crippen LogP contribution in [0.1, 0.15) is 20.8 Å². The van der Waals surface area contributed by atoms with Crippen LogP contribution < -0.4 is 9.47 Å². The van der Waals surface area contributed by atoms with Crippen molar-refractivity contribution in [1.82, 2.24) is 14.7 Å². The molecule has 0 bridgehead atoms. The highest BCUT2D eigenvalue weighted by molar-refractivity contribution is 7.09. The zero-order chi connectivity index (χ0) is 26.7. The molecular formula is C29H35N3O5S. The number of morpholine rings is 1. The Morgan fingerprint density at radius 1 is 0.947 bits per heavy atom. The van der Waals surface area contributed by atoms with E-state index in [4.69, 9.17) is 14.2 Å². The van der Waals surface area contributed by atoms with Crippen LogP contribution >= 0.6 is 11.3 Å². The van der Waals surface area contributed by atoms with E-state index in [1.54, 1.807) is 41.5 Å². The summed E-state index contributed by atoms with van der Waals surface area (Å²) in [5.41, 5.74) is 1.44. The summed E-state index contributed by atoms with van der Waals surface area (Å²) in [5.74, 6) is 0.657. The molecule has 1 aromatic heterocycles. The third-order valence-electron chi connectivity index (χ3n) is 6.54. The molecule has 0 N–H and O–H groups in total. The van der Waals surface area contributed by atoms with Crippen molar-refractivity contribution in [2.75, 3.05) is 60.2 Å². The van der Waals surface area contributed by atoms with Gasteiger partial charge >= 0.3 is 0 Å². The first-order valence-electron chi connectivity index (χ1n) is 12.7. The number of benzene rings is 2. The summed E-state index contributed by atoms with van der Waals surface area (Å²) in [7, 11) is 3.09. The van der Waals surface area contributed by atoms with Crippen LogP contribution in [-0.2, 0) is 22.6 Å². The number of hydrogen-bond acceptors (Lipinski definition) is 7. The lowest BCUT2D eigenvalue weighted by Crippen LogP contribution is -2.47. The minimum absolute atomic E-state index is 0.0312. The second-order valence-electron chi connectivity index (χ2n) is 9.06. The average Bonchev–Trinajstić information content (AvgIpc) is 3.48. The third-order valence-corrected chi connectivity index (χ3v) is 7.40. The lowest BCUT2D eigenvalue weighted by atomic mass is 10.1. The van der Waals surface area contributed by atoms with Gasteiger partial charge in [0.2, 0.25) is 5.91 Å². The first-order valence-corrected chi connectivity index (χ1v) is 13.6. The van der Waals surface area contributed by atoms with Crippen molar-refractivity contribution in [3.8, 4) is 11.5 Å². The molecule has 1 saturated heterocycles. The SMILES string of the molecule is COc1ccc(C(=O)N(CCN2CCOCC2)CC(=O)N(Cc2ccccc2)Cc2cccs2)c(OC)c1. The summed E-state index contributed by atoms with van der Waals surface area (Å²) in [6, 6.07) is 19.1. The Bertz CT molecular complexity index is 1170. The first-order chi connectivity index (χ1) is 18.6. The summed E-state index contributed by atoms with van der Waals surface area (Å²) < 4.78 is 16.3. The molecule has 38 heavy (non-hydrogen) atoms. The van der Waals surface area contributed by atoms with E-state index in [-0.39, 0.29) is 18.4 Å². The number of methoxy groups -OCH3 is 2. The van der Waals surface area contributed by atoms with Crippen molar-refractivity contribution in [3.63, 3.8) is 0 Å². The molecule has 8 nitrogen and oxygen atoms in total. The molecule has 0 spiro atoms. The summed E-state index contributed by atoms with van der Waals surface area (Å²) in [6.45, 7) is 4.95. The van der Waals surface area contributed by atoms with E-state index >= 15 is 0 Å². The van der Waals surface area contributed by atoms with E-state index < -0.39 is 0 Å². The number of rotatable bonds is 12. The predicted octanol–water partition coefficient (Wildman–Crippen LogP) is 3.77. The van der Waals surface area contributed by atoms with Crippen LogP contribution in [-0.4, -0.2) is 86.7 Å². The van der Waals surface area contributed by atoms with Crippen molar-refractivity contribution < 1.29 is 23.8 Å². The van der Waals surface area contributed by atoms with Crippen LogP contribution in [0, 0.1) is 0 Å². The highest BCUT2D eigenvalue weighted by atomic mass is 32.1. The highest BCUT2D eigenvalue weighted by Crippen LogP contribution is 2.26. The molecule has 202 valence electrons. The molecule has 0 aliphatic carbocycles. The van der Waals surface area contributed by atoms with Crippen LogP contribution in [0.25, 0.3) is 0 Å². The lowest BCUT2D eigenvalue weighted by molar-refractivity contribution is -0.133. The zero-order valence-electron chi connectivity index (χ0n) is 22.0. The normalized spacial score (nSPS) is 13.6. The number of ether oxygens (including phenoxy) is 3. The van der Waals surface area contributed by atoms with E-state index in [1.165, 1.54) is 7.11 Å². The van der Waals surface area contributed by atoms with Gasteiger partial charge in [-0.1, -0.05) is 36.4 Å². The van der Waals surface area contributed by atoms with Gasteiger partial charge in [-0.2, -0.15) is 0 Å². The van der Waals surface area contributed by atoms with Crippen molar-refractivity contribution in [2.45, 2.75) is 13.1 Å². The predicted molar refractivity (Wildman–Crippen MR) is 148 cm³/mol. The number of carbonyl (C=O) groups excluding carboxylic acids is 2. The molecule has 2 amide bonds. The maximum Gasteiger partial charge on any atom is 0.258 e. The van der Waals surface area contributed by atoms with E-state index in [9.17, 15) is 9.59 Å². The summed E-state index contributed by atoms with van der Waals surface area (Å²) in [5, 5.41) is 2.01. The fraction of sp³-hybridized carbons (Fsp3) is 0.379. The van der Waals surface area contributed by atoms with Gasteiger partial charge in [0, 0.05) is 43.7 Å². The molecular weight excluding hydrogens is 502 g/mol. The number of carbonyl (C=O) groups is 2. The lowest BCUT2D eigenvalue weighted by Gasteiger charge is -2.31. The van der Waals surface area contributed by atoms with Gasteiger partial charge in [0.1, 0.15) is 18.0 Å². The first kappa shape index (κ1) is 27.6. The topological polar surface area (TPSA) is 71.6 Å². The van der Waals surface area contributed by atoms with Gasteiger partial charge in [0.05, 0.1) is 39.5 Å². The fourth-order valence-electron chi connectivity index (χ4n) is 4.37. The minimum atomic E-state index is -0.248. The van der Waals surface area contributed by atoms with E-state index in [0.717, 1.165) is 23.5 Å². The van der Waals surface area contributed by atoms with Crippen LogP contribution in [0.5, 0.6) is 11.5 Å². The number of nitrogens with zero attached hydrogens (tertiary/aromatic N) is 3. The number of thiophene rings is 1. The second-order valence-corrected chi connectivity index (χ2v) is 10.1. The van der Waals surface area contributed by atoms with Crippen molar-refractivity contribution in [2.24, 2.45) is 0 Å². The molecule has 0 saturated carbocycles. The van der Waals surface area contributed by atoms with Gasteiger partial charge in [-0.25, -0.2) is 0 Å². The molecule has 9 heteroatoms. The molecule has 1 aliphatic heterocycles. The van der Waals surface area contributed by atoms with Crippen molar-refractivity contribution >= 4 is 23.2 Å². The van der Waals surface area contributed by atoms with Crippen LogP contribution in [0.4, 0.5) is 0 Å². The van der Waals surface area contributed by atoms with Crippen molar-refractivity contribution in [1.29, 1.82) is 0 Å². The van der Waals surface area contributed by atoms with E-state index in [1.807, 2.05) is 52.7 Å². The van der Waals surface area contributed by atoms with E-state index in [0.29, 0.717) is 56.5 Å². The fourth-order valence-corrected chi connectivity index (χ4v) is 5.09. The van der Waals surface area contributed by atoms with Crippen LogP contribution in [0.2, 0.25) is 0 Å². The Morgan fingerprint density at radius 3 is 2.42 bits per heavy atom. The molecule has 4 rings (SSSR count). The Kier molecular flexibility index (Phi) is 10.1. The summed E-state index contributed by atoms with van der Waals surface area (Å²) in [6.07, 6.45) is 0. The van der Waals surface area contributed by atoms with E-state index in [2.05, 4.69) is 4.90 Å². The highest BCUT2D eigenvalue weighted by Gasteiger charge is 2.26. The maximum absolute atomic E-state index is 13.8. The standard InChI is InChI=1S/C29H35N3O5S/c1-35-24-10-11-26(27(19-24)36-2)29(34)31(13-12-30-14-16-37-17-15-30)22-28(33)32(21-25-9-6-18-38-25)20-23-7-4-3-5-8-23/h3-11,18-19H,12-17,20-22H2,1-2H3. The Labute approximate surface area is 228 Å². The molecule has 1 aliphatic rings. The summed E-state index contributed by atoms with van der Waals surface area (Å²) >= 11 is 1.62. The van der Waals surface area contributed by atoms with Crippen LogP contribution in [0.3, 0.4) is 0 Å². The van der Waals surface area contributed by atoms with Gasteiger partial charge < -0.3 is 24.0 Å². The Hall–Kier alpha value is -3.40. The minimum Gasteiger partial charge on any atom is -0.497 e. The van der Waals surface area contributed by atoms with Gasteiger partial charge in [-0.15, -0.1) is 11.3 Å². The van der Waals surface area contributed by atoms with Crippen molar-refractivity contribution in [3.05, 3.63) is 82.0 Å². The second kappa shape index (κ2) is 13.9. The maximum atomic E-state index is 13.8.